The Hall–Kier alpha value is -1.03. The average Bonchev–Trinajstić information content (AvgIpc) is 2.88. The Morgan fingerprint density at radius 2 is 2.05 bits per heavy atom. The topological polar surface area (TPSA) is 55.0 Å². The summed E-state index contributed by atoms with van der Waals surface area (Å²) >= 11 is 6.02. The van der Waals surface area contributed by atoms with Crippen molar-refractivity contribution in [1.82, 2.24) is 9.97 Å². The summed E-state index contributed by atoms with van der Waals surface area (Å²) < 4.78 is 0. The lowest BCUT2D eigenvalue weighted by molar-refractivity contribution is 0.525. The van der Waals surface area contributed by atoms with Crippen molar-refractivity contribution in [2.75, 3.05) is 17.2 Å². The normalized spacial score (nSPS) is 16.2. The van der Waals surface area contributed by atoms with Crippen molar-refractivity contribution in [1.29, 1.82) is 0 Å². The van der Waals surface area contributed by atoms with E-state index in [-0.39, 0.29) is 0 Å². The molecule has 1 fully saturated rings. The summed E-state index contributed by atoms with van der Waals surface area (Å²) in [6, 6.07) is 0.548. The van der Waals surface area contributed by atoms with Crippen LogP contribution in [0.5, 0.6) is 0 Å². The van der Waals surface area contributed by atoms with Crippen LogP contribution in [-0.2, 0) is 0 Å². The van der Waals surface area contributed by atoms with E-state index in [1.54, 1.807) is 0 Å². The highest BCUT2D eigenvalue weighted by Crippen LogP contribution is 2.32. The predicted molar refractivity (Wildman–Crippen MR) is 80.5 cm³/mol. The molecule has 0 atom stereocenters. The third kappa shape index (κ3) is 3.50. The molecule has 0 spiro atoms. The van der Waals surface area contributed by atoms with E-state index in [1.807, 2.05) is 0 Å². The van der Waals surface area contributed by atoms with Crippen molar-refractivity contribution in [2.45, 2.75) is 52.0 Å². The lowest BCUT2D eigenvalue weighted by atomic mass is 10.1. The average molecular weight is 283 g/mol. The Labute approximate surface area is 120 Å². The highest BCUT2D eigenvalue weighted by atomic mass is 35.5. The molecule has 0 bridgehead atoms. The second-order valence-electron chi connectivity index (χ2n) is 5.72. The first kappa shape index (κ1) is 14.4. The lowest BCUT2D eigenvalue weighted by Crippen LogP contribution is -2.36. The van der Waals surface area contributed by atoms with E-state index < -0.39 is 0 Å². The summed E-state index contributed by atoms with van der Waals surface area (Å²) in [4.78, 5) is 10.7. The van der Waals surface area contributed by atoms with Crippen molar-refractivity contribution < 1.29 is 0 Å². The lowest BCUT2D eigenvalue weighted by Gasteiger charge is -2.31. The first-order valence-corrected chi connectivity index (χ1v) is 7.50. The van der Waals surface area contributed by atoms with Gasteiger partial charge in [-0.2, -0.15) is 0 Å². The molecule has 1 aliphatic carbocycles. The van der Waals surface area contributed by atoms with Crippen LogP contribution < -0.4 is 10.6 Å². The van der Waals surface area contributed by atoms with Crippen molar-refractivity contribution in [3.05, 3.63) is 11.5 Å². The molecule has 1 aromatic rings. The maximum atomic E-state index is 6.06. The summed E-state index contributed by atoms with van der Waals surface area (Å²) in [7, 11) is 0. The number of nitrogen functional groups attached to an aromatic ring is 1. The summed E-state index contributed by atoms with van der Waals surface area (Å²) in [5, 5.41) is 0.359. The van der Waals surface area contributed by atoms with Crippen LogP contribution >= 0.6 is 11.6 Å². The molecular formula is C14H23ClN4. The zero-order valence-electron chi connectivity index (χ0n) is 11.8. The first-order valence-electron chi connectivity index (χ1n) is 7.12. The number of hydrogen-bond donors (Lipinski definition) is 1. The molecule has 0 saturated heterocycles. The molecule has 1 aliphatic rings. The number of hydrogen-bond acceptors (Lipinski definition) is 4. The molecule has 0 unspecified atom stereocenters. The van der Waals surface area contributed by atoms with E-state index in [0.29, 0.717) is 22.8 Å². The Morgan fingerprint density at radius 1 is 1.37 bits per heavy atom. The van der Waals surface area contributed by atoms with Gasteiger partial charge in [0, 0.05) is 12.6 Å². The van der Waals surface area contributed by atoms with Crippen molar-refractivity contribution in [2.24, 2.45) is 5.92 Å². The van der Waals surface area contributed by atoms with Crippen LogP contribution in [0.2, 0.25) is 5.15 Å². The number of nitrogens with zero attached hydrogens (tertiary/aromatic N) is 3. The van der Waals surface area contributed by atoms with Crippen molar-refractivity contribution >= 4 is 23.1 Å². The molecule has 2 rings (SSSR count). The van der Waals surface area contributed by atoms with Crippen LogP contribution in [-0.4, -0.2) is 22.6 Å². The minimum Gasteiger partial charge on any atom is -0.393 e. The number of nitrogens with two attached hydrogens (primary N) is 1. The zero-order chi connectivity index (χ0) is 13.8. The van der Waals surface area contributed by atoms with Crippen LogP contribution in [0.15, 0.2) is 6.33 Å². The first-order chi connectivity index (χ1) is 9.09. The van der Waals surface area contributed by atoms with E-state index in [4.69, 9.17) is 17.3 Å². The molecule has 106 valence electrons. The molecule has 0 amide bonds. The van der Waals surface area contributed by atoms with Gasteiger partial charge in [0.05, 0.1) is 0 Å². The largest absolute Gasteiger partial charge is 0.393 e. The van der Waals surface area contributed by atoms with E-state index in [1.165, 1.54) is 32.0 Å². The number of aromatic nitrogens is 2. The van der Waals surface area contributed by atoms with Crippen LogP contribution in [0.4, 0.5) is 11.5 Å². The van der Waals surface area contributed by atoms with Gasteiger partial charge in [0.1, 0.15) is 12.0 Å². The summed E-state index contributed by atoms with van der Waals surface area (Å²) in [6.45, 7) is 5.46. The molecule has 19 heavy (non-hydrogen) atoms. The number of anilines is 2. The van der Waals surface area contributed by atoms with E-state index >= 15 is 0 Å². The maximum Gasteiger partial charge on any atom is 0.157 e. The highest BCUT2D eigenvalue weighted by molar-refractivity contribution is 6.32. The third-order valence-corrected chi connectivity index (χ3v) is 4.10. The molecule has 1 saturated carbocycles. The van der Waals surface area contributed by atoms with Crippen LogP contribution in [0.25, 0.3) is 0 Å². The smallest absolute Gasteiger partial charge is 0.157 e. The quantitative estimate of drug-likeness (QED) is 0.840. The molecule has 0 radical (unpaired) electrons. The second kappa shape index (κ2) is 6.42. The molecule has 2 N–H and O–H groups in total. The van der Waals surface area contributed by atoms with Crippen molar-refractivity contribution in [3.8, 4) is 0 Å². The van der Waals surface area contributed by atoms with E-state index in [2.05, 4.69) is 28.7 Å². The Bertz CT molecular complexity index is 416. The van der Waals surface area contributed by atoms with Gasteiger partial charge < -0.3 is 10.6 Å². The molecule has 0 aliphatic heterocycles. The van der Waals surface area contributed by atoms with Gasteiger partial charge in [0.15, 0.2) is 11.0 Å². The van der Waals surface area contributed by atoms with E-state index in [9.17, 15) is 0 Å². The molecule has 0 aromatic carbocycles. The van der Waals surface area contributed by atoms with Gasteiger partial charge in [-0.25, -0.2) is 9.97 Å². The Morgan fingerprint density at radius 3 is 2.68 bits per heavy atom. The summed E-state index contributed by atoms with van der Waals surface area (Å²) in [5.41, 5.74) is 6.57. The van der Waals surface area contributed by atoms with Gasteiger partial charge in [-0.15, -0.1) is 0 Å². The fourth-order valence-corrected chi connectivity index (χ4v) is 2.80. The molecule has 4 nitrogen and oxygen atoms in total. The number of rotatable bonds is 5. The van der Waals surface area contributed by atoms with Crippen LogP contribution in [0.1, 0.15) is 46.0 Å². The zero-order valence-corrected chi connectivity index (χ0v) is 12.5. The second-order valence-corrected chi connectivity index (χ2v) is 6.07. The van der Waals surface area contributed by atoms with Gasteiger partial charge in [-0.3, -0.25) is 0 Å². The van der Waals surface area contributed by atoms with Gasteiger partial charge in [-0.1, -0.05) is 38.3 Å². The predicted octanol–water partition coefficient (Wildman–Crippen LogP) is 3.51. The fourth-order valence-electron chi connectivity index (χ4n) is 2.67. The Kier molecular flexibility index (Phi) is 4.86. The number of halogens is 1. The van der Waals surface area contributed by atoms with Gasteiger partial charge >= 0.3 is 0 Å². The van der Waals surface area contributed by atoms with Crippen LogP contribution in [0, 0.1) is 5.92 Å². The van der Waals surface area contributed by atoms with Gasteiger partial charge in [0.2, 0.25) is 0 Å². The standard InChI is InChI=1S/C14H23ClN4/c1-10(2)7-8-19(11-5-3-4-6-11)14-12(16)13(15)17-9-18-14/h9-11H,3-8,16H2,1-2H3. The molecule has 1 aromatic heterocycles. The Balaban J connectivity index is 2.22. The minimum atomic E-state index is 0.359. The van der Waals surface area contributed by atoms with E-state index in [0.717, 1.165) is 18.8 Å². The SMILES string of the molecule is CC(C)CCN(c1ncnc(Cl)c1N)C1CCCC1. The molecule has 1 heterocycles. The summed E-state index contributed by atoms with van der Waals surface area (Å²) in [5.74, 6) is 1.48. The maximum absolute atomic E-state index is 6.06. The van der Waals surface area contributed by atoms with Crippen molar-refractivity contribution in [3.63, 3.8) is 0 Å². The monoisotopic (exact) mass is 282 g/mol. The summed E-state index contributed by atoms with van der Waals surface area (Å²) in [6.07, 6.45) is 7.67. The molecular weight excluding hydrogens is 260 g/mol. The van der Waals surface area contributed by atoms with Crippen LogP contribution in [0.3, 0.4) is 0 Å². The van der Waals surface area contributed by atoms with Gasteiger partial charge in [0.25, 0.3) is 0 Å². The minimum absolute atomic E-state index is 0.359. The molecule has 5 heteroatoms. The third-order valence-electron chi connectivity index (χ3n) is 3.80. The van der Waals surface area contributed by atoms with Gasteiger partial charge in [-0.05, 0) is 25.2 Å². The fraction of sp³-hybridized carbons (Fsp3) is 0.714. The highest BCUT2D eigenvalue weighted by Gasteiger charge is 2.25.